The second-order valence-electron chi connectivity index (χ2n) is 5.45. The van der Waals surface area contributed by atoms with Crippen LogP contribution in [-0.2, 0) is 0 Å². The lowest BCUT2D eigenvalue weighted by Gasteiger charge is -2.09. The quantitative estimate of drug-likeness (QED) is 0.461. The summed E-state index contributed by atoms with van der Waals surface area (Å²) in [5.74, 6) is 0.208. The van der Waals surface area contributed by atoms with Gasteiger partial charge in [-0.25, -0.2) is 4.98 Å². The maximum atomic E-state index is 12.7. The SMILES string of the molecule is COc1ccc(Cl)cc1C(=O)Nc1sccc1-c1nc2ccccc2s1. The van der Waals surface area contributed by atoms with Gasteiger partial charge in [-0.2, -0.15) is 0 Å². The smallest absolute Gasteiger partial charge is 0.260 e. The maximum Gasteiger partial charge on any atom is 0.260 e. The van der Waals surface area contributed by atoms with Gasteiger partial charge < -0.3 is 10.1 Å². The minimum atomic E-state index is -0.269. The molecule has 4 aromatic rings. The highest BCUT2D eigenvalue weighted by molar-refractivity contribution is 7.22. The third kappa shape index (κ3) is 3.19. The van der Waals surface area contributed by atoms with Crippen LogP contribution in [0.1, 0.15) is 10.4 Å². The van der Waals surface area contributed by atoms with E-state index in [1.165, 1.54) is 18.4 Å². The van der Waals surface area contributed by atoms with Crippen LogP contribution in [-0.4, -0.2) is 18.0 Å². The first-order valence-corrected chi connectivity index (χ1v) is 9.81. The van der Waals surface area contributed by atoms with Gasteiger partial charge in [0, 0.05) is 10.6 Å². The molecule has 130 valence electrons. The third-order valence-electron chi connectivity index (χ3n) is 3.82. The van der Waals surface area contributed by atoms with Crippen LogP contribution >= 0.6 is 34.3 Å². The van der Waals surface area contributed by atoms with E-state index in [2.05, 4.69) is 10.3 Å². The van der Waals surface area contributed by atoms with Crippen molar-refractivity contribution in [2.75, 3.05) is 12.4 Å². The Kier molecular flexibility index (Phi) is 4.63. The van der Waals surface area contributed by atoms with Gasteiger partial charge in [0.05, 0.1) is 22.9 Å². The predicted octanol–water partition coefficient (Wildman–Crippen LogP) is 5.94. The van der Waals surface area contributed by atoms with Crippen molar-refractivity contribution in [3.63, 3.8) is 0 Å². The number of thiophene rings is 1. The van der Waals surface area contributed by atoms with Gasteiger partial charge in [0.25, 0.3) is 5.91 Å². The molecule has 1 amide bonds. The molecule has 0 radical (unpaired) electrons. The second kappa shape index (κ2) is 7.07. The number of amides is 1. The molecule has 4 nitrogen and oxygen atoms in total. The zero-order valence-corrected chi connectivity index (χ0v) is 16.0. The number of rotatable bonds is 4. The molecule has 0 aliphatic heterocycles. The maximum absolute atomic E-state index is 12.7. The Labute approximate surface area is 163 Å². The first kappa shape index (κ1) is 17.0. The number of benzene rings is 2. The monoisotopic (exact) mass is 400 g/mol. The minimum absolute atomic E-state index is 0.269. The van der Waals surface area contributed by atoms with E-state index >= 15 is 0 Å². The third-order valence-corrected chi connectivity index (χ3v) is 5.96. The summed E-state index contributed by atoms with van der Waals surface area (Å²) in [5.41, 5.74) is 2.25. The second-order valence-corrected chi connectivity index (χ2v) is 7.83. The van der Waals surface area contributed by atoms with Crippen LogP contribution in [0.5, 0.6) is 5.75 Å². The van der Waals surface area contributed by atoms with Crippen LogP contribution in [0, 0.1) is 0 Å². The number of nitrogens with zero attached hydrogens (tertiary/aromatic N) is 1. The summed E-state index contributed by atoms with van der Waals surface area (Å²) in [6.07, 6.45) is 0. The number of thiazole rings is 1. The van der Waals surface area contributed by atoms with Gasteiger partial charge in [-0.05, 0) is 41.8 Å². The molecule has 7 heteroatoms. The lowest BCUT2D eigenvalue weighted by Crippen LogP contribution is -2.12. The number of fused-ring (bicyclic) bond motifs is 1. The average Bonchev–Trinajstić information content (AvgIpc) is 3.27. The summed E-state index contributed by atoms with van der Waals surface area (Å²) in [6, 6.07) is 14.9. The highest BCUT2D eigenvalue weighted by Crippen LogP contribution is 2.38. The molecule has 0 aliphatic rings. The largest absolute Gasteiger partial charge is 0.496 e. The molecule has 0 spiro atoms. The van der Waals surface area contributed by atoms with E-state index in [0.29, 0.717) is 16.3 Å². The number of carbonyl (C=O) groups excluding carboxylic acids is 1. The molecule has 0 atom stereocenters. The Morgan fingerprint density at radius 3 is 2.85 bits per heavy atom. The van der Waals surface area contributed by atoms with Crippen molar-refractivity contribution in [2.45, 2.75) is 0 Å². The van der Waals surface area contributed by atoms with Gasteiger partial charge in [-0.1, -0.05) is 23.7 Å². The highest BCUT2D eigenvalue weighted by Gasteiger charge is 2.17. The number of hydrogen-bond donors (Lipinski definition) is 1. The lowest BCUT2D eigenvalue weighted by molar-refractivity contribution is 0.102. The summed E-state index contributed by atoms with van der Waals surface area (Å²) >= 11 is 9.09. The first-order chi connectivity index (χ1) is 12.7. The Morgan fingerprint density at radius 2 is 2.04 bits per heavy atom. The van der Waals surface area contributed by atoms with Gasteiger partial charge in [-0.15, -0.1) is 22.7 Å². The van der Waals surface area contributed by atoms with Gasteiger partial charge >= 0.3 is 0 Å². The van der Waals surface area contributed by atoms with Crippen molar-refractivity contribution in [3.8, 4) is 16.3 Å². The Morgan fingerprint density at radius 1 is 1.19 bits per heavy atom. The summed E-state index contributed by atoms with van der Waals surface area (Å²) < 4.78 is 6.38. The number of methoxy groups -OCH3 is 1. The van der Waals surface area contributed by atoms with E-state index in [4.69, 9.17) is 16.3 Å². The van der Waals surface area contributed by atoms with Crippen molar-refractivity contribution < 1.29 is 9.53 Å². The van der Waals surface area contributed by atoms with Crippen LogP contribution in [0.25, 0.3) is 20.8 Å². The molecule has 0 unspecified atom stereocenters. The van der Waals surface area contributed by atoms with Crippen molar-refractivity contribution in [2.24, 2.45) is 0 Å². The topological polar surface area (TPSA) is 51.2 Å². The standard InChI is InChI=1S/C19H13ClN2O2S2/c1-24-15-7-6-11(20)10-13(15)17(23)22-18-12(8-9-25-18)19-21-14-4-2-3-5-16(14)26-19/h2-10H,1H3,(H,22,23). The van der Waals surface area contributed by atoms with Crippen LogP contribution in [0.15, 0.2) is 53.9 Å². The van der Waals surface area contributed by atoms with Gasteiger partial charge in [0.15, 0.2) is 0 Å². The number of para-hydroxylation sites is 1. The summed E-state index contributed by atoms with van der Waals surface area (Å²) in [4.78, 5) is 17.4. The molecule has 2 aromatic carbocycles. The van der Waals surface area contributed by atoms with E-state index in [1.54, 1.807) is 29.5 Å². The minimum Gasteiger partial charge on any atom is -0.496 e. The fourth-order valence-corrected chi connectivity index (χ4v) is 4.61. The number of ether oxygens (including phenoxy) is 1. The number of anilines is 1. The number of aromatic nitrogens is 1. The molecule has 0 aliphatic carbocycles. The number of carbonyl (C=O) groups is 1. The van der Waals surface area contributed by atoms with Gasteiger partial charge in [-0.3, -0.25) is 4.79 Å². The summed E-state index contributed by atoms with van der Waals surface area (Å²) in [7, 11) is 1.53. The van der Waals surface area contributed by atoms with Gasteiger partial charge in [0.1, 0.15) is 15.8 Å². The number of halogens is 1. The molecule has 0 saturated heterocycles. The molecular formula is C19H13ClN2O2S2. The van der Waals surface area contributed by atoms with E-state index < -0.39 is 0 Å². The Hall–Kier alpha value is -2.41. The van der Waals surface area contributed by atoms with Crippen LogP contribution in [0.2, 0.25) is 5.02 Å². The molecule has 0 fully saturated rings. The van der Waals surface area contributed by atoms with Crippen molar-refractivity contribution in [1.82, 2.24) is 4.98 Å². The zero-order valence-electron chi connectivity index (χ0n) is 13.7. The van der Waals surface area contributed by atoms with Crippen LogP contribution in [0.3, 0.4) is 0 Å². The van der Waals surface area contributed by atoms with E-state index in [0.717, 1.165) is 25.8 Å². The first-order valence-electron chi connectivity index (χ1n) is 7.74. The molecule has 0 bridgehead atoms. The van der Waals surface area contributed by atoms with Crippen LogP contribution in [0.4, 0.5) is 5.00 Å². The Bertz CT molecular complexity index is 1070. The molecule has 26 heavy (non-hydrogen) atoms. The van der Waals surface area contributed by atoms with E-state index in [9.17, 15) is 4.79 Å². The highest BCUT2D eigenvalue weighted by atomic mass is 35.5. The summed E-state index contributed by atoms with van der Waals surface area (Å²) in [6.45, 7) is 0. The molecule has 1 N–H and O–H groups in total. The molecular weight excluding hydrogens is 388 g/mol. The molecule has 4 rings (SSSR count). The number of hydrogen-bond acceptors (Lipinski definition) is 5. The number of nitrogens with one attached hydrogen (secondary N) is 1. The predicted molar refractivity (Wildman–Crippen MR) is 109 cm³/mol. The fourth-order valence-electron chi connectivity index (χ4n) is 2.59. The van der Waals surface area contributed by atoms with Crippen molar-refractivity contribution >= 4 is 55.4 Å². The molecule has 2 aromatic heterocycles. The van der Waals surface area contributed by atoms with Crippen molar-refractivity contribution in [3.05, 3.63) is 64.5 Å². The zero-order chi connectivity index (χ0) is 18.1. The fraction of sp³-hybridized carbons (Fsp3) is 0.0526. The van der Waals surface area contributed by atoms with Gasteiger partial charge in [0.2, 0.25) is 0 Å². The normalized spacial score (nSPS) is 10.8. The van der Waals surface area contributed by atoms with Crippen molar-refractivity contribution in [1.29, 1.82) is 0 Å². The summed E-state index contributed by atoms with van der Waals surface area (Å²) in [5, 5.41) is 7.00. The van der Waals surface area contributed by atoms with E-state index in [1.807, 2.05) is 35.7 Å². The molecule has 0 saturated carbocycles. The lowest BCUT2D eigenvalue weighted by atomic mass is 10.2. The van der Waals surface area contributed by atoms with Crippen LogP contribution < -0.4 is 10.1 Å². The Balaban J connectivity index is 1.67. The average molecular weight is 401 g/mol. The van der Waals surface area contributed by atoms with E-state index in [-0.39, 0.29) is 5.91 Å². The molecule has 2 heterocycles.